The first-order valence-corrected chi connectivity index (χ1v) is 9.08. The summed E-state index contributed by atoms with van der Waals surface area (Å²) >= 11 is 1.64. The molecule has 1 unspecified atom stereocenters. The predicted molar refractivity (Wildman–Crippen MR) is 93.0 cm³/mol. The van der Waals surface area contributed by atoms with Gasteiger partial charge in [-0.2, -0.15) is 11.3 Å². The Morgan fingerprint density at radius 3 is 2.88 bits per heavy atom. The lowest BCUT2D eigenvalue weighted by Gasteiger charge is -2.38. The second kappa shape index (κ2) is 7.77. The molecule has 2 aromatic heterocycles. The first-order chi connectivity index (χ1) is 11.7. The lowest BCUT2D eigenvalue weighted by atomic mass is 9.75. The highest BCUT2D eigenvalue weighted by molar-refractivity contribution is 7.07. The van der Waals surface area contributed by atoms with E-state index in [4.69, 9.17) is 4.74 Å². The number of ether oxygens (including phenoxy) is 1. The zero-order chi connectivity index (χ0) is 16.9. The van der Waals surface area contributed by atoms with Gasteiger partial charge in [-0.3, -0.25) is 4.79 Å². The van der Waals surface area contributed by atoms with Crippen LogP contribution in [0.25, 0.3) is 0 Å². The minimum atomic E-state index is -0.258. The van der Waals surface area contributed by atoms with Crippen LogP contribution in [0.4, 0.5) is 0 Å². The molecular formula is C18H22N2O3S. The molecule has 5 nitrogen and oxygen atoms in total. The van der Waals surface area contributed by atoms with E-state index in [0.717, 1.165) is 12.0 Å². The Bertz CT molecular complexity index is 651. The van der Waals surface area contributed by atoms with Crippen LogP contribution in [-0.2, 0) is 11.2 Å². The molecular weight excluding hydrogens is 324 g/mol. The second-order valence-electron chi connectivity index (χ2n) is 6.20. The van der Waals surface area contributed by atoms with Gasteiger partial charge in [-0.25, -0.2) is 4.98 Å². The summed E-state index contributed by atoms with van der Waals surface area (Å²) in [6.07, 6.45) is 4.12. The number of aliphatic hydroxyl groups excluding tert-OH is 1. The van der Waals surface area contributed by atoms with Crippen molar-refractivity contribution in [1.82, 2.24) is 10.3 Å². The monoisotopic (exact) mass is 346 g/mol. The number of aliphatic hydroxyl groups is 1. The van der Waals surface area contributed by atoms with Crippen molar-refractivity contribution in [2.75, 3.05) is 7.11 Å². The molecule has 1 fully saturated rings. The number of pyridine rings is 1. The molecule has 1 amide bonds. The van der Waals surface area contributed by atoms with Crippen LogP contribution in [0.5, 0.6) is 5.88 Å². The van der Waals surface area contributed by atoms with E-state index in [2.05, 4.69) is 15.7 Å². The Morgan fingerprint density at radius 2 is 2.29 bits per heavy atom. The third-order valence-corrected chi connectivity index (χ3v) is 5.22. The minimum absolute atomic E-state index is 0.0309. The van der Waals surface area contributed by atoms with Gasteiger partial charge in [0.05, 0.1) is 19.3 Å². The van der Waals surface area contributed by atoms with E-state index in [1.165, 1.54) is 5.56 Å². The predicted octanol–water partition coefficient (Wildman–Crippen LogP) is 2.71. The van der Waals surface area contributed by atoms with Gasteiger partial charge in [0.1, 0.15) is 0 Å². The second-order valence-corrected chi connectivity index (χ2v) is 6.98. The van der Waals surface area contributed by atoms with Crippen LogP contribution >= 0.6 is 11.3 Å². The molecule has 24 heavy (non-hydrogen) atoms. The minimum Gasteiger partial charge on any atom is -0.481 e. The molecule has 3 rings (SSSR count). The van der Waals surface area contributed by atoms with Crippen LogP contribution in [0.3, 0.4) is 0 Å². The first-order valence-electron chi connectivity index (χ1n) is 8.14. The fourth-order valence-electron chi connectivity index (χ4n) is 3.01. The van der Waals surface area contributed by atoms with Crippen LogP contribution in [0, 0.1) is 5.92 Å². The van der Waals surface area contributed by atoms with E-state index in [-0.39, 0.29) is 24.0 Å². The maximum atomic E-state index is 12.4. The van der Waals surface area contributed by atoms with Crippen molar-refractivity contribution in [1.29, 1.82) is 0 Å². The number of aryl methyl sites for hydroxylation is 1. The zero-order valence-electron chi connectivity index (χ0n) is 13.6. The molecule has 0 radical (unpaired) electrons. The Kier molecular flexibility index (Phi) is 5.48. The number of methoxy groups -OCH3 is 1. The summed E-state index contributed by atoms with van der Waals surface area (Å²) in [5, 5.41) is 16.8. The molecule has 0 saturated heterocycles. The van der Waals surface area contributed by atoms with Gasteiger partial charge in [-0.1, -0.05) is 6.07 Å². The molecule has 1 aliphatic rings. The Labute approximate surface area is 145 Å². The highest BCUT2D eigenvalue weighted by Crippen LogP contribution is 2.38. The topological polar surface area (TPSA) is 71.5 Å². The molecule has 2 heterocycles. The molecule has 1 saturated carbocycles. The van der Waals surface area contributed by atoms with Crippen molar-refractivity contribution >= 4 is 17.2 Å². The molecule has 0 aliphatic heterocycles. The molecule has 2 aromatic rings. The average Bonchev–Trinajstić information content (AvgIpc) is 3.09. The Balaban J connectivity index is 1.64. The zero-order valence-corrected chi connectivity index (χ0v) is 14.5. The number of nitrogens with zero attached hydrogens (tertiary/aromatic N) is 1. The fraction of sp³-hybridized carbons (Fsp3) is 0.444. The molecule has 1 aliphatic carbocycles. The molecule has 1 atom stereocenters. The maximum absolute atomic E-state index is 12.4. The van der Waals surface area contributed by atoms with Gasteiger partial charge >= 0.3 is 0 Å². The molecule has 128 valence electrons. The average molecular weight is 346 g/mol. The number of hydrogen-bond donors (Lipinski definition) is 2. The van der Waals surface area contributed by atoms with Gasteiger partial charge in [0.2, 0.25) is 11.8 Å². The van der Waals surface area contributed by atoms with Crippen molar-refractivity contribution in [3.05, 3.63) is 46.3 Å². The summed E-state index contributed by atoms with van der Waals surface area (Å²) in [7, 11) is 1.58. The van der Waals surface area contributed by atoms with E-state index < -0.39 is 0 Å². The van der Waals surface area contributed by atoms with Crippen molar-refractivity contribution in [2.24, 2.45) is 5.92 Å². The number of carbonyl (C=O) groups is 1. The van der Waals surface area contributed by atoms with Gasteiger partial charge in [0.15, 0.2) is 0 Å². The lowest BCUT2D eigenvalue weighted by Crippen LogP contribution is -2.41. The van der Waals surface area contributed by atoms with Crippen molar-refractivity contribution in [3.8, 4) is 5.88 Å². The fourth-order valence-corrected chi connectivity index (χ4v) is 3.71. The smallest absolute Gasteiger partial charge is 0.220 e. The molecule has 2 N–H and O–H groups in total. The molecule has 0 bridgehead atoms. The number of thiophene rings is 1. The first kappa shape index (κ1) is 16.9. The largest absolute Gasteiger partial charge is 0.481 e. The van der Waals surface area contributed by atoms with Crippen LogP contribution in [-0.4, -0.2) is 29.2 Å². The normalized spacial score (nSPS) is 20.9. The third-order valence-electron chi connectivity index (χ3n) is 4.49. The summed E-state index contributed by atoms with van der Waals surface area (Å²) < 4.78 is 5.09. The molecule has 0 spiro atoms. The SMILES string of the molecule is COc1ccc(C(NC(=O)CCc2ccsc2)C2CC(O)C2)cn1. The van der Waals surface area contributed by atoms with Crippen molar-refractivity contribution in [3.63, 3.8) is 0 Å². The van der Waals surface area contributed by atoms with Crippen molar-refractivity contribution < 1.29 is 14.6 Å². The van der Waals surface area contributed by atoms with Crippen LogP contribution in [0.2, 0.25) is 0 Å². The summed E-state index contributed by atoms with van der Waals surface area (Å²) in [4.78, 5) is 16.6. The number of hydrogen-bond acceptors (Lipinski definition) is 5. The van der Waals surface area contributed by atoms with E-state index >= 15 is 0 Å². The van der Waals surface area contributed by atoms with E-state index in [1.54, 1.807) is 30.7 Å². The van der Waals surface area contributed by atoms with Crippen LogP contribution in [0.1, 0.15) is 36.4 Å². The van der Waals surface area contributed by atoms with Gasteiger partial charge in [0, 0.05) is 18.7 Å². The van der Waals surface area contributed by atoms with Gasteiger partial charge in [-0.05, 0) is 53.1 Å². The number of rotatable bonds is 7. The van der Waals surface area contributed by atoms with E-state index in [9.17, 15) is 9.90 Å². The summed E-state index contributed by atoms with van der Waals surface area (Å²) in [5.41, 5.74) is 2.15. The summed E-state index contributed by atoms with van der Waals surface area (Å²) in [6.45, 7) is 0. The number of nitrogens with one attached hydrogen (secondary N) is 1. The standard InChI is InChI=1S/C18H22N2O3S/c1-23-17-5-3-13(10-19-17)18(14-8-15(21)9-14)20-16(22)4-2-12-6-7-24-11-12/h3,5-7,10-11,14-15,18,21H,2,4,8-9H2,1H3,(H,20,22). The van der Waals surface area contributed by atoms with Gasteiger partial charge in [-0.15, -0.1) is 0 Å². The van der Waals surface area contributed by atoms with Crippen LogP contribution < -0.4 is 10.1 Å². The quantitative estimate of drug-likeness (QED) is 0.809. The highest BCUT2D eigenvalue weighted by atomic mass is 32.1. The maximum Gasteiger partial charge on any atom is 0.220 e. The number of carbonyl (C=O) groups excluding carboxylic acids is 1. The number of amides is 1. The van der Waals surface area contributed by atoms with Crippen LogP contribution in [0.15, 0.2) is 35.2 Å². The molecule has 6 heteroatoms. The summed E-state index contributed by atoms with van der Waals surface area (Å²) in [6, 6.07) is 5.67. The Morgan fingerprint density at radius 1 is 1.46 bits per heavy atom. The molecule has 0 aromatic carbocycles. The Hall–Kier alpha value is -1.92. The highest BCUT2D eigenvalue weighted by Gasteiger charge is 2.35. The van der Waals surface area contributed by atoms with Gasteiger partial charge in [0.25, 0.3) is 0 Å². The third kappa shape index (κ3) is 4.13. The van der Waals surface area contributed by atoms with Crippen molar-refractivity contribution in [2.45, 2.75) is 37.8 Å². The van der Waals surface area contributed by atoms with Gasteiger partial charge < -0.3 is 15.2 Å². The lowest BCUT2D eigenvalue weighted by molar-refractivity contribution is -0.123. The van der Waals surface area contributed by atoms with E-state index in [0.29, 0.717) is 25.1 Å². The summed E-state index contributed by atoms with van der Waals surface area (Å²) in [5.74, 6) is 0.832. The number of aromatic nitrogens is 1. The van der Waals surface area contributed by atoms with E-state index in [1.807, 2.05) is 17.5 Å².